The molecule has 0 heterocycles. The van der Waals surface area contributed by atoms with Crippen LogP contribution in [-0.2, 0) is 4.79 Å². The highest BCUT2D eigenvalue weighted by Gasteiger charge is 2.24. The normalized spacial score (nSPS) is 15.1. The van der Waals surface area contributed by atoms with Gasteiger partial charge in [0.2, 0.25) is 5.91 Å². The van der Waals surface area contributed by atoms with Crippen LogP contribution in [-0.4, -0.2) is 30.2 Å². The van der Waals surface area contributed by atoms with Gasteiger partial charge < -0.3 is 16.2 Å². The summed E-state index contributed by atoms with van der Waals surface area (Å²) in [6.45, 7) is 9.71. The third-order valence-electron chi connectivity index (χ3n) is 3.58. The molecule has 0 fully saturated rings. The third kappa shape index (κ3) is 9.91. The Morgan fingerprint density at radius 1 is 1.26 bits per heavy atom. The maximum atomic E-state index is 11.7. The Balaban J connectivity index is 3.86. The second kappa shape index (κ2) is 9.32. The van der Waals surface area contributed by atoms with Crippen LogP contribution < -0.4 is 11.1 Å². The monoisotopic (exact) mass is 272 g/mol. The minimum absolute atomic E-state index is 0.108. The summed E-state index contributed by atoms with van der Waals surface area (Å²) in [5, 5.41) is 12.0. The highest BCUT2D eigenvalue weighted by molar-refractivity contribution is 5.75. The zero-order valence-corrected chi connectivity index (χ0v) is 13.0. The lowest BCUT2D eigenvalue weighted by atomic mass is 9.76. The smallest absolute Gasteiger partial charge is 0.220 e. The lowest BCUT2D eigenvalue weighted by molar-refractivity contribution is -0.121. The summed E-state index contributed by atoms with van der Waals surface area (Å²) >= 11 is 0. The summed E-state index contributed by atoms with van der Waals surface area (Å²) in [5.41, 5.74) is 5.84. The van der Waals surface area contributed by atoms with Gasteiger partial charge in [-0.1, -0.05) is 20.8 Å². The highest BCUT2D eigenvalue weighted by Crippen LogP contribution is 2.31. The van der Waals surface area contributed by atoms with Gasteiger partial charge in [0, 0.05) is 13.0 Å². The van der Waals surface area contributed by atoms with Gasteiger partial charge in [0.1, 0.15) is 0 Å². The van der Waals surface area contributed by atoms with Gasteiger partial charge in [0.25, 0.3) is 0 Å². The van der Waals surface area contributed by atoms with Crippen molar-refractivity contribution in [1.29, 1.82) is 0 Å². The van der Waals surface area contributed by atoms with Crippen molar-refractivity contribution in [1.82, 2.24) is 5.32 Å². The van der Waals surface area contributed by atoms with Crippen molar-refractivity contribution in [3.05, 3.63) is 0 Å². The second-order valence-electron chi connectivity index (χ2n) is 6.52. The van der Waals surface area contributed by atoms with E-state index >= 15 is 0 Å². The van der Waals surface area contributed by atoms with Gasteiger partial charge >= 0.3 is 0 Å². The van der Waals surface area contributed by atoms with Crippen LogP contribution in [0.3, 0.4) is 0 Å². The molecule has 0 aliphatic carbocycles. The quantitative estimate of drug-likeness (QED) is 0.562. The average Bonchev–Trinajstić information content (AvgIpc) is 2.28. The molecule has 4 nitrogen and oxygen atoms in total. The van der Waals surface area contributed by atoms with Crippen LogP contribution in [0.15, 0.2) is 0 Å². The average molecular weight is 272 g/mol. The first-order valence-electron chi connectivity index (χ1n) is 7.42. The molecule has 0 aliphatic heterocycles. The van der Waals surface area contributed by atoms with Gasteiger partial charge in [-0.25, -0.2) is 0 Å². The molecular formula is C15H32N2O2. The number of carbonyl (C=O) groups is 1. The van der Waals surface area contributed by atoms with Crippen LogP contribution in [0, 0.1) is 11.3 Å². The van der Waals surface area contributed by atoms with Crippen LogP contribution in [0.2, 0.25) is 0 Å². The van der Waals surface area contributed by atoms with Crippen molar-refractivity contribution in [2.75, 3.05) is 13.1 Å². The van der Waals surface area contributed by atoms with Crippen LogP contribution in [0.5, 0.6) is 0 Å². The third-order valence-corrected chi connectivity index (χ3v) is 3.58. The Hall–Kier alpha value is -0.610. The Bertz CT molecular complexity index is 247. The largest absolute Gasteiger partial charge is 0.393 e. The Labute approximate surface area is 118 Å². The second-order valence-corrected chi connectivity index (χ2v) is 6.52. The van der Waals surface area contributed by atoms with Gasteiger partial charge in [-0.2, -0.15) is 0 Å². The number of hydrogen-bond donors (Lipinski definition) is 3. The van der Waals surface area contributed by atoms with Gasteiger partial charge in [-0.05, 0) is 50.5 Å². The molecule has 0 spiro atoms. The molecule has 0 bridgehead atoms. The van der Waals surface area contributed by atoms with E-state index in [0.717, 1.165) is 25.7 Å². The Morgan fingerprint density at radius 3 is 2.37 bits per heavy atom. The molecule has 0 aromatic carbocycles. The van der Waals surface area contributed by atoms with E-state index in [-0.39, 0.29) is 17.4 Å². The lowest BCUT2D eigenvalue weighted by Gasteiger charge is -2.30. The maximum Gasteiger partial charge on any atom is 0.220 e. The summed E-state index contributed by atoms with van der Waals surface area (Å²) in [7, 11) is 0. The standard InChI is InChI=1S/C15H32N2O2/c1-12(18)6-5-11-17-14(19)8-7-13(9-10-16)15(2,3)4/h12-13,18H,5-11,16H2,1-4H3,(H,17,19). The SMILES string of the molecule is CC(O)CCCNC(=O)CCC(CCN)C(C)(C)C. The first-order valence-corrected chi connectivity index (χ1v) is 7.42. The van der Waals surface area contributed by atoms with Gasteiger partial charge in [-0.15, -0.1) is 0 Å². The fourth-order valence-electron chi connectivity index (χ4n) is 2.23. The molecular weight excluding hydrogens is 240 g/mol. The van der Waals surface area contributed by atoms with Crippen molar-refractivity contribution < 1.29 is 9.90 Å². The van der Waals surface area contributed by atoms with E-state index in [1.165, 1.54) is 0 Å². The number of nitrogens with one attached hydrogen (secondary N) is 1. The molecule has 1 amide bonds. The van der Waals surface area contributed by atoms with Crippen LogP contribution in [0.4, 0.5) is 0 Å². The number of nitrogens with two attached hydrogens (primary N) is 1. The molecule has 0 saturated heterocycles. The molecule has 4 N–H and O–H groups in total. The molecule has 4 heteroatoms. The van der Waals surface area contributed by atoms with E-state index in [0.29, 0.717) is 25.4 Å². The molecule has 19 heavy (non-hydrogen) atoms. The van der Waals surface area contributed by atoms with Crippen LogP contribution in [0.1, 0.15) is 59.8 Å². The fourth-order valence-corrected chi connectivity index (χ4v) is 2.23. The van der Waals surface area contributed by atoms with Crippen molar-refractivity contribution in [3.63, 3.8) is 0 Å². The molecule has 114 valence electrons. The minimum Gasteiger partial charge on any atom is -0.393 e. The Kier molecular flexibility index (Phi) is 9.02. The number of amides is 1. The first kappa shape index (κ1) is 18.4. The van der Waals surface area contributed by atoms with Gasteiger partial charge in [0.15, 0.2) is 0 Å². The summed E-state index contributed by atoms with van der Waals surface area (Å²) in [6, 6.07) is 0. The number of aliphatic hydroxyl groups is 1. The van der Waals surface area contributed by atoms with Crippen molar-refractivity contribution >= 4 is 5.91 Å². The molecule has 0 radical (unpaired) electrons. The molecule has 0 aromatic heterocycles. The van der Waals surface area contributed by atoms with Crippen molar-refractivity contribution in [2.24, 2.45) is 17.1 Å². The highest BCUT2D eigenvalue weighted by atomic mass is 16.3. The van der Waals surface area contributed by atoms with Gasteiger partial charge in [0.05, 0.1) is 6.10 Å². The number of rotatable bonds is 9. The van der Waals surface area contributed by atoms with Crippen LogP contribution >= 0.6 is 0 Å². The van der Waals surface area contributed by atoms with E-state index in [1.54, 1.807) is 6.92 Å². The summed E-state index contributed by atoms with van der Waals surface area (Å²) in [4.78, 5) is 11.7. The minimum atomic E-state index is -0.285. The maximum absolute atomic E-state index is 11.7. The van der Waals surface area contributed by atoms with Crippen molar-refractivity contribution in [2.45, 2.75) is 65.9 Å². The lowest BCUT2D eigenvalue weighted by Crippen LogP contribution is -2.28. The predicted molar refractivity (Wildman–Crippen MR) is 79.8 cm³/mol. The zero-order valence-electron chi connectivity index (χ0n) is 13.0. The molecule has 2 atom stereocenters. The predicted octanol–water partition coefficient (Wildman–Crippen LogP) is 2.05. The van der Waals surface area contributed by atoms with E-state index in [2.05, 4.69) is 26.1 Å². The zero-order chi connectivity index (χ0) is 14.9. The summed E-state index contributed by atoms with van der Waals surface area (Å²) in [6.07, 6.45) is 3.71. The number of carbonyl (C=O) groups excluding carboxylic acids is 1. The number of hydrogen-bond acceptors (Lipinski definition) is 3. The van der Waals surface area contributed by atoms with E-state index in [4.69, 9.17) is 10.8 Å². The molecule has 0 aliphatic rings. The first-order chi connectivity index (χ1) is 8.77. The molecule has 0 rings (SSSR count). The molecule has 2 unspecified atom stereocenters. The summed E-state index contributed by atoms with van der Waals surface area (Å²) in [5.74, 6) is 0.595. The van der Waals surface area contributed by atoms with Crippen LogP contribution in [0.25, 0.3) is 0 Å². The number of aliphatic hydroxyl groups excluding tert-OH is 1. The van der Waals surface area contributed by atoms with Crippen molar-refractivity contribution in [3.8, 4) is 0 Å². The molecule has 0 aromatic rings. The van der Waals surface area contributed by atoms with E-state index < -0.39 is 0 Å². The van der Waals surface area contributed by atoms with E-state index in [1.807, 2.05) is 0 Å². The summed E-state index contributed by atoms with van der Waals surface area (Å²) < 4.78 is 0. The Morgan fingerprint density at radius 2 is 1.89 bits per heavy atom. The molecule has 0 saturated carbocycles. The van der Waals surface area contributed by atoms with Gasteiger partial charge in [-0.3, -0.25) is 4.79 Å². The van der Waals surface area contributed by atoms with E-state index in [9.17, 15) is 4.79 Å². The topological polar surface area (TPSA) is 75.3 Å². The fraction of sp³-hybridized carbons (Fsp3) is 0.933.